The Balaban J connectivity index is 1.77. The molecule has 0 radical (unpaired) electrons. The molecule has 15 nitrogen and oxygen atoms in total. The van der Waals surface area contributed by atoms with Crippen LogP contribution in [0.5, 0.6) is 0 Å². The molecular formula is C21H29FN7O8S2+. The maximum atomic E-state index is 13.0. The van der Waals surface area contributed by atoms with E-state index in [-0.39, 0.29) is 66.3 Å². The van der Waals surface area contributed by atoms with E-state index in [1.807, 2.05) is 0 Å². The first-order valence-corrected chi connectivity index (χ1v) is 13.5. The number of aliphatic hydroxyl groups is 3. The second kappa shape index (κ2) is 13.8. The van der Waals surface area contributed by atoms with Gasteiger partial charge in [0.2, 0.25) is 11.5 Å². The minimum Gasteiger partial charge on any atom is -0.477 e. The summed E-state index contributed by atoms with van der Waals surface area (Å²) < 4.78 is 16.5. The zero-order valence-corrected chi connectivity index (χ0v) is 22.2. The highest BCUT2D eigenvalue weighted by molar-refractivity contribution is 8.00. The molecule has 0 bridgehead atoms. The average molecular weight is 591 g/mol. The maximum Gasteiger partial charge on any atom is 0.352 e. The number of fused-ring (bicyclic) bond motifs is 1. The number of carboxylic acids is 1. The molecule has 1 aromatic heterocycles. The summed E-state index contributed by atoms with van der Waals surface area (Å²) in [6.07, 6.45) is 3.26. The molecule has 0 aliphatic carbocycles. The van der Waals surface area contributed by atoms with E-state index < -0.39 is 41.8 Å². The fourth-order valence-electron chi connectivity index (χ4n) is 4.25. The number of rotatable bonds is 15. The summed E-state index contributed by atoms with van der Waals surface area (Å²) in [4.78, 5) is 47.1. The van der Waals surface area contributed by atoms with Crippen molar-refractivity contribution >= 4 is 51.9 Å². The maximum absolute atomic E-state index is 13.0. The number of nitrogens with one attached hydrogen (secondary N) is 1. The minimum absolute atomic E-state index is 0.0245. The van der Waals surface area contributed by atoms with Crippen LogP contribution in [0.4, 0.5) is 9.52 Å². The number of anilines is 1. The average Bonchev–Trinajstić information content (AvgIpc) is 3.33. The number of allylic oxidation sites excluding steroid dienone is 1. The largest absolute Gasteiger partial charge is 0.477 e. The van der Waals surface area contributed by atoms with Crippen LogP contribution in [-0.2, 0) is 19.2 Å². The smallest absolute Gasteiger partial charge is 0.352 e. The van der Waals surface area contributed by atoms with Gasteiger partial charge in [-0.25, -0.2) is 9.18 Å². The molecule has 1 aromatic rings. The van der Waals surface area contributed by atoms with Crippen molar-refractivity contribution in [2.24, 2.45) is 5.16 Å². The SMILES string of the molecule is Nc1nc(/C(=N/OCF)C(=O)N[C@@H]2C(=O)N3C(C(=O)O)=C(/C=C/C[N+](CCO)(CCO)CCO)CS[C@@H]23)ns1. The molecule has 3 heterocycles. The van der Waals surface area contributed by atoms with Crippen LogP contribution >= 0.6 is 23.3 Å². The van der Waals surface area contributed by atoms with Crippen LogP contribution in [0.3, 0.4) is 0 Å². The molecule has 0 saturated carbocycles. The molecule has 214 valence electrons. The number of hydrogen-bond acceptors (Lipinski definition) is 13. The van der Waals surface area contributed by atoms with Gasteiger partial charge in [0.1, 0.15) is 36.7 Å². The Hall–Kier alpha value is -3.16. The monoisotopic (exact) mass is 590 g/mol. The van der Waals surface area contributed by atoms with Crippen molar-refractivity contribution in [1.29, 1.82) is 0 Å². The lowest BCUT2D eigenvalue weighted by Crippen LogP contribution is -2.71. The Morgan fingerprint density at radius 3 is 2.46 bits per heavy atom. The van der Waals surface area contributed by atoms with Crippen molar-refractivity contribution < 1.29 is 48.5 Å². The normalized spacial score (nSPS) is 19.7. The highest BCUT2D eigenvalue weighted by atomic mass is 32.2. The number of carbonyl (C=O) groups excluding carboxylic acids is 2. The molecule has 0 unspecified atom stereocenters. The minimum atomic E-state index is -1.33. The summed E-state index contributed by atoms with van der Waals surface area (Å²) in [5.74, 6) is -2.96. The predicted molar refractivity (Wildman–Crippen MR) is 138 cm³/mol. The molecule has 2 amide bonds. The first-order valence-electron chi connectivity index (χ1n) is 11.6. The molecule has 1 fully saturated rings. The molecule has 3 rings (SSSR count). The molecule has 39 heavy (non-hydrogen) atoms. The van der Waals surface area contributed by atoms with Crippen LogP contribution in [0.25, 0.3) is 0 Å². The first-order chi connectivity index (χ1) is 18.7. The third-order valence-electron chi connectivity index (χ3n) is 6.09. The topological polar surface area (TPSA) is 221 Å². The van der Waals surface area contributed by atoms with E-state index in [0.717, 1.165) is 16.4 Å². The number of amides is 2. The Bertz CT molecular complexity index is 1140. The number of carbonyl (C=O) groups is 3. The van der Waals surface area contributed by atoms with Crippen LogP contribution < -0.4 is 11.1 Å². The van der Waals surface area contributed by atoms with Crippen LogP contribution in [-0.4, -0.2) is 133 Å². The number of nitrogen functional groups attached to an aromatic ring is 1. The van der Waals surface area contributed by atoms with E-state index in [1.54, 1.807) is 12.2 Å². The van der Waals surface area contributed by atoms with E-state index >= 15 is 0 Å². The third-order valence-corrected chi connectivity index (χ3v) is 7.94. The number of thioether (sulfide) groups is 1. The number of carboxylic acid groups (broad SMARTS) is 1. The molecule has 0 spiro atoms. The zero-order chi connectivity index (χ0) is 28.6. The number of aliphatic hydroxyl groups excluding tert-OH is 3. The number of nitrogens with two attached hydrogens (primary N) is 1. The number of quaternary nitrogens is 1. The van der Waals surface area contributed by atoms with Gasteiger partial charge >= 0.3 is 5.97 Å². The van der Waals surface area contributed by atoms with Gasteiger partial charge in [-0.05, 0) is 11.6 Å². The standard InChI is InChI=1S/C21H28FN7O8S2/c22-11-37-26-13(16-25-21(23)39-27-16)17(33)24-14-18(34)28-15(20(35)36)12(10-38-19(14)28)2-1-3-29(4-7-30,5-8-31)6-9-32/h1-2,14,19,30-32H,3-11H2,(H3-,23,24,25,27,33,35,36)/p+1/b2-1+,26-13-/t14-,19+/m1/s1. The quantitative estimate of drug-likeness (QED) is 0.0557. The van der Waals surface area contributed by atoms with Crippen molar-refractivity contribution in [3.63, 3.8) is 0 Å². The number of nitrogens with zero attached hydrogens (tertiary/aromatic N) is 5. The molecule has 2 aliphatic heterocycles. The van der Waals surface area contributed by atoms with E-state index in [1.165, 1.54) is 11.8 Å². The second-order valence-electron chi connectivity index (χ2n) is 8.44. The summed E-state index contributed by atoms with van der Waals surface area (Å²) >= 11 is 2.00. The summed E-state index contributed by atoms with van der Waals surface area (Å²) in [7, 11) is 0. The highest BCUT2D eigenvalue weighted by Crippen LogP contribution is 2.40. The lowest BCUT2D eigenvalue weighted by atomic mass is 10.0. The molecule has 2 aliphatic rings. The van der Waals surface area contributed by atoms with Gasteiger partial charge in [-0.15, -0.1) is 11.8 Å². The van der Waals surface area contributed by atoms with Crippen molar-refractivity contribution in [1.82, 2.24) is 19.6 Å². The van der Waals surface area contributed by atoms with E-state index in [0.29, 0.717) is 12.1 Å². The Kier molecular flexibility index (Phi) is 10.7. The summed E-state index contributed by atoms with van der Waals surface area (Å²) in [6, 6.07) is -1.10. The summed E-state index contributed by atoms with van der Waals surface area (Å²) in [5, 5.41) is 43.3. The first kappa shape index (κ1) is 30.4. The van der Waals surface area contributed by atoms with Gasteiger partial charge in [0.15, 0.2) is 5.13 Å². The number of hydrogen-bond donors (Lipinski definition) is 6. The van der Waals surface area contributed by atoms with Gasteiger partial charge in [-0.3, -0.25) is 14.5 Å². The third kappa shape index (κ3) is 6.89. The summed E-state index contributed by atoms with van der Waals surface area (Å²) in [5.41, 5.74) is 5.15. The van der Waals surface area contributed by atoms with Gasteiger partial charge in [-0.1, -0.05) is 11.2 Å². The van der Waals surface area contributed by atoms with Crippen LogP contribution in [0.15, 0.2) is 28.6 Å². The Morgan fingerprint density at radius 1 is 1.26 bits per heavy atom. The van der Waals surface area contributed by atoms with Crippen molar-refractivity contribution in [2.75, 3.05) is 64.3 Å². The van der Waals surface area contributed by atoms with Crippen molar-refractivity contribution in [2.45, 2.75) is 11.4 Å². The van der Waals surface area contributed by atoms with E-state index in [2.05, 4.69) is 24.7 Å². The fraction of sp³-hybridized carbons (Fsp3) is 0.524. The number of aromatic nitrogens is 2. The second-order valence-corrected chi connectivity index (χ2v) is 10.3. The van der Waals surface area contributed by atoms with E-state index in [4.69, 9.17) is 5.73 Å². The molecule has 7 N–H and O–H groups in total. The van der Waals surface area contributed by atoms with Gasteiger partial charge in [0.25, 0.3) is 18.7 Å². The number of aliphatic carboxylic acids is 1. The molecule has 2 atom stereocenters. The highest BCUT2D eigenvalue weighted by Gasteiger charge is 2.54. The van der Waals surface area contributed by atoms with Crippen molar-refractivity contribution in [3.8, 4) is 0 Å². The van der Waals surface area contributed by atoms with Crippen molar-refractivity contribution in [3.05, 3.63) is 29.2 Å². The zero-order valence-electron chi connectivity index (χ0n) is 20.6. The van der Waals surface area contributed by atoms with Gasteiger partial charge < -0.3 is 40.8 Å². The Labute approximate surface area is 230 Å². The van der Waals surface area contributed by atoms with Crippen LogP contribution in [0.2, 0.25) is 0 Å². The predicted octanol–water partition coefficient (Wildman–Crippen LogP) is -2.14. The molecule has 18 heteroatoms. The van der Waals surface area contributed by atoms with Crippen LogP contribution in [0.1, 0.15) is 5.82 Å². The lowest BCUT2D eigenvalue weighted by Gasteiger charge is -2.49. The molecular weight excluding hydrogens is 561 g/mol. The lowest BCUT2D eigenvalue weighted by molar-refractivity contribution is -0.923. The molecule has 1 saturated heterocycles. The Morgan fingerprint density at radius 2 is 1.92 bits per heavy atom. The van der Waals surface area contributed by atoms with Gasteiger partial charge in [0.05, 0.1) is 26.4 Å². The number of alkyl halides is 1. The van der Waals surface area contributed by atoms with Gasteiger partial charge in [-0.2, -0.15) is 9.36 Å². The summed E-state index contributed by atoms with van der Waals surface area (Å²) in [6.45, 7) is -0.672. The van der Waals surface area contributed by atoms with Gasteiger partial charge in [0, 0.05) is 17.3 Å². The number of oxime groups is 1. The number of β-lactam (4-membered cyclic amide) rings is 1. The fourth-order valence-corrected chi connectivity index (χ4v) is 6.00. The van der Waals surface area contributed by atoms with Crippen LogP contribution in [0, 0.1) is 0 Å². The van der Waals surface area contributed by atoms with E-state index in [9.17, 15) is 39.2 Å². The molecule has 0 aromatic carbocycles. The number of halogens is 1.